The molecule has 0 saturated heterocycles. The molecule has 0 spiro atoms. The van der Waals surface area contributed by atoms with Crippen LogP contribution in [-0.4, -0.2) is 32.0 Å². The van der Waals surface area contributed by atoms with E-state index in [4.69, 9.17) is 14.6 Å². The van der Waals surface area contributed by atoms with Gasteiger partial charge in [-0.3, -0.25) is 19.6 Å². The van der Waals surface area contributed by atoms with E-state index >= 15 is 0 Å². The number of nitrogens with zero attached hydrogens (tertiary/aromatic N) is 4. The molecular weight excluding hydrogens is 468 g/mol. The van der Waals surface area contributed by atoms with E-state index in [2.05, 4.69) is 39.5 Å². The molecule has 0 saturated carbocycles. The maximum Gasteiger partial charge on any atom is 0.293 e. The van der Waals surface area contributed by atoms with Crippen molar-refractivity contribution >= 4 is 28.6 Å². The molecule has 0 fully saturated rings. The minimum Gasteiger partial charge on any atom is -0.457 e. The molecule has 3 heterocycles. The van der Waals surface area contributed by atoms with Crippen LogP contribution in [0.4, 0.5) is 11.6 Å². The summed E-state index contributed by atoms with van der Waals surface area (Å²) in [5, 5.41) is 3.41. The summed E-state index contributed by atoms with van der Waals surface area (Å²) < 4.78 is 7.97. The maximum atomic E-state index is 12.2. The molecule has 184 valence electrons. The standard InChI is InChI=1S/C28H24N6O3/c1-3-15-36-33-27(35)25-18-23(11-14-30-25)37-22-7-8-26-24(17-22)32-28(34(26)2)31-21-6-4-5-20(16-21)19-9-12-29-13-10-19/h3-14,16-18H,1,15H2,2H3,(H,31,32)(H,33,35). The molecule has 0 aliphatic rings. The topological polar surface area (TPSA) is 103 Å². The molecule has 0 aliphatic carbocycles. The number of amides is 1. The van der Waals surface area contributed by atoms with Gasteiger partial charge in [-0.1, -0.05) is 18.2 Å². The van der Waals surface area contributed by atoms with E-state index in [0.29, 0.717) is 17.4 Å². The molecular formula is C28H24N6O3. The quantitative estimate of drug-likeness (QED) is 0.161. The summed E-state index contributed by atoms with van der Waals surface area (Å²) in [5.74, 6) is 1.26. The summed E-state index contributed by atoms with van der Waals surface area (Å²) in [6.07, 6.45) is 6.59. The second-order valence-electron chi connectivity index (χ2n) is 8.10. The second-order valence-corrected chi connectivity index (χ2v) is 8.10. The zero-order valence-corrected chi connectivity index (χ0v) is 20.1. The van der Waals surface area contributed by atoms with Crippen LogP contribution in [0.25, 0.3) is 22.2 Å². The fourth-order valence-corrected chi connectivity index (χ4v) is 3.76. The second kappa shape index (κ2) is 10.7. The monoisotopic (exact) mass is 492 g/mol. The van der Waals surface area contributed by atoms with Gasteiger partial charge in [0.15, 0.2) is 0 Å². The Labute approximate surface area is 213 Å². The number of carbonyl (C=O) groups excluding carboxylic acids is 1. The van der Waals surface area contributed by atoms with Crippen LogP contribution >= 0.6 is 0 Å². The van der Waals surface area contributed by atoms with E-state index in [1.54, 1.807) is 18.5 Å². The van der Waals surface area contributed by atoms with E-state index in [0.717, 1.165) is 27.8 Å². The zero-order valence-electron chi connectivity index (χ0n) is 20.1. The largest absolute Gasteiger partial charge is 0.457 e. The Balaban J connectivity index is 1.34. The van der Waals surface area contributed by atoms with Gasteiger partial charge in [0.2, 0.25) is 5.95 Å². The first-order valence-electron chi connectivity index (χ1n) is 11.5. The molecule has 0 aliphatic heterocycles. The van der Waals surface area contributed by atoms with Gasteiger partial charge in [-0.15, -0.1) is 6.58 Å². The van der Waals surface area contributed by atoms with Crippen LogP contribution in [0.2, 0.25) is 0 Å². The highest BCUT2D eigenvalue weighted by Gasteiger charge is 2.12. The fourth-order valence-electron chi connectivity index (χ4n) is 3.76. The number of aryl methyl sites for hydroxylation is 1. The first kappa shape index (κ1) is 23.7. The Hall–Kier alpha value is -5.02. The first-order chi connectivity index (χ1) is 18.1. The third-order valence-electron chi connectivity index (χ3n) is 5.55. The summed E-state index contributed by atoms with van der Waals surface area (Å²) in [6, 6.07) is 20.9. The lowest BCUT2D eigenvalue weighted by molar-refractivity contribution is 0.0416. The van der Waals surface area contributed by atoms with Gasteiger partial charge >= 0.3 is 0 Å². The number of aromatic nitrogens is 4. The van der Waals surface area contributed by atoms with Gasteiger partial charge in [0.25, 0.3) is 5.91 Å². The molecule has 9 nitrogen and oxygen atoms in total. The molecule has 2 aromatic carbocycles. The Morgan fingerprint density at radius 2 is 1.84 bits per heavy atom. The highest BCUT2D eigenvalue weighted by molar-refractivity contribution is 5.91. The SMILES string of the molecule is C=CCONC(=O)c1cc(Oc2ccc3c(c2)nc(Nc2cccc(-c4ccncc4)c2)n3C)ccn1. The molecule has 1 amide bonds. The van der Waals surface area contributed by atoms with Gasteiger partial charge in [-0.05, 0) is 53.6 Å². The third-order valence-corrected chi connectivity index (χ3v) is 5.55. The molecule has 0 atom stereocenters. The van der Waals surface area contributed by atoms with E-state index in [1.807, 2.05) is 54.1 Å². The number of nitrogens with one attached hydrogen (secondary N) is 2. The predicted molar refractivity (Wildman–Crippen MR) is 142 cm³/mol. The van der Waals surface area contributed by atoms with Gasteiger partial charge in [0.05, 0.1) is 17.6 Å². The normalized spacial score (nSPS) is 10.7. The van der Waals surface area contributed by atoms with Crippen molar-refractivity contribution in [2.45, 2.75) is 0 Å². The van der Waals surface area contributed by atoms with E-state index in [-0.39, 0.29) is 12.3 Å². The molecule has 2 N–H and O–H groups in total. The molecule has 3 aromatic heterocycles. The van der Waals surface area contributed by atoms with Crippen molar-refractivity contribution in [3.8, 4) is 22.6 Å². The molecule has 37 heavy (non-hydrogen) atoms. The molecule has 5 rings (SSSR count). The molecule has 0 bridgehead atoms. The number of hydrogen-bond donors (Lipinski definition) is 2. The van der Waals surface area contributed by atoms with Crippen LogP contribution in [0.1, 0.15) is 10.5 Å². The highest BCUT2D eigenvalue weighted by Crippen LogP contribution is 2.29. The van der Waals surface area contributed by atoms with Crippen LogP contribution in [0.3, 0.4) is 0 Å². The summed E-state index contributed by atoms with van der Waals surface area (Å²) in [4.78, 5) is 30.1. The average molecular weight is 493 g/mol. The predicted octanol–water partition coefficient (Wildman–Crippen LogP) is 5.41. The molecule has 9 heteroatoms. The van der Waals surface area contributed by atoms with Crippen molar-refractivity contribution in [2.75, 3.05) is 11.9 Å². The lowest BCUT2D eigenvalue weighted by atomic mass is 10.1. The Bertz CT molecular complexity index is 1570. The summed E-state index contributed by atoms with van der Waals surface area (Å²) >= 11 is 0. The molecule has 0 unspecified atom stereocenters. The van der Waals surface area contributed by atoms with Gasteiger partial charge in [-0.2, -0.15) is 0 Å². The maximum absolute atomic E-state index is 12.2. The Morgan fingerprint density at radius 1 is 1.00 bits per heavy atom. The average Bonchev–Trinajstić information content (AvgIpc) is 3.23. The summed E-state index contributed by atoms with van der Waals surface area (Å²) in [6.45, 7) is 3.72. The lowest BCUT2D eigenvalue weighted by Gasteiger charge is -2.09. The number of carbonyl (C=O) groups is 1. The number of imidazole rings is 1. The summed E-state index contributed by atoms with van der Waals surface area (Å²) in [7, 11) is 1.95. The summed E-state index contributed by atoms with van der Waals surface area (Å²) in [5.41, 5.74) is 7.27. The highest BCUT2D eigenvalue weighted by atomic mass is 16.6. The first-order valence-corrected chi connectivity index (χ1v) is 11.5. The number of fused-ring (bicyclic) bond motifs is 1. The minimum atomic E-state index is -0.476. The Morgan fingerprint density at radius 3 is 2.68 bits per heavy atom. The van der Waals surface area contributed by atoms with Gasteiger partial charge in [0, 0.05) is 43.5 Å². The van der Waals surface area contributed by atoms with Crippen LogP contribution < -0.4 is 15.5 Å². The van der Waals surface area contributed by atoms with Gasteiger partial charge < -0.3 is 14.6 Å². The van der Waals surface area contributed by atoms with E-state index in [9.17, 15) is 4.79 Å². The molecule has 5 aromatic rings. The number of hydrogen-bond acceptors (Lipinski definition) is 7. The van der Waals surface area contributed by atoms with Crippen molar-refractivity contribution in [3.63, 3.8) is 0 Å². The third kappa shape index (κ3) is 5.47. The number of ether oxygens (including phenoxy) is 1. The van der Waals surface area contributed by atoms with Crippen LogP contribution in [0, 0.1) is 0 Å². The van der Waals surface area contributed by atoms with Crippen LogP contribution in [0.15, 0.2) is 98.0 Å². The lowest BCUT2D eigenvalue weighted by Crippen LogP contribution is -2.24. The Kier molecular flexibility index (Phi) is 6.87. The number of hydroxylamine groups is 1. The number of pyridine rings is 2. The minimum absolute atomic E-state index is 0.168. The van der Waals surface area contributed by atoms with Crippen molar-refractivity contribution < 1.29 is 14.4 Å². The smallest absolute Gasteiger partial charge is 0.293 e. The van der Waals surface area contributed by atoms with Crippen LogP contribution in [-0.2, 0) is 11.9 Å². The van der Waals surface area contributed by atoms with Gasteiger partial charge in [0.1, 0.15) is 17.2 Å². The van der Waals surface area contributed by atoms with Crippen molar-refractivity contribution in [3.05, 3.63) is 104 Å². The van der Waals surface area contributed by atoms with Gasteiger partial charge in [-0.25, -0.2) is 10.5 Å². The van der Waals surface area contributed by atoms with Crippen molar-refractivity contribution in [1.82, 2.24) is 25.0 Å². The number of benzene rings is 2. The number of rotatable bonds is 9. The fraction of sp³-hybridized carbons (Fsp3) is 0.0714. The van der Waals surface area contributed by atoms with Crippen molar-refractivity contribution in [2.24, 2.45) is 7.05 Å². The zero-order chi connectivity index (χ0) is 25.6. The van der Waals surface area contributed by atoms with Crippen LogP contribution in [0.5, 0.6) is 11.5 Å². The van der Waals surface area contributed by atoms with E-state index in [1.165, 1.54) is 18.3 Å². The van der Waals surface area contributed by atoms with E-state index < -0.39 is 5.91 Å². The molecule has 0 radical (unpaired) electrons. The number of anilines is 2. The van der Waals surface area contributed by atoms with Crippen molar-refractivity contribution in [1.29, 1.82) is 0 Å².